The number of hydrogen-bond acceptors (Lipinski definition) is 2. The van der Waals surface area contributed by atoms with Crippen LogP contribution in [0.25, 0.3) is 0 Å². The number of amides is 1. The molecule has 0 radical (unpaired) electrons. The summed E-state index contributed by atoms with van der Waals surface area (Å²) < 4.78 is 12.7. The number of nitrogens with two attached hydrogens (primary N) is 1. The molecular formula is C14H13FN2O. The standard InChI is InChI=1S/C14H13FN2O/c1-9-8-10(2-7-13(9)16)14(18)17-12-5-3-11(15)4-6-12/h2-8H,16H2,1H3,(H,17,18). The molecule has 0 heterocycles. The van der Waals surface area contributed by atoms with Crippen LogP contribution in [0.2, 0.25) is 0 Å². The molecule has 0 unspecified atom stereocenters. The summed E-state index contributed by atoms with van der Waals surface area (Å²) in [4.78, 5) is 11.9. The second kappa shape index (κ2) is 4.87. The molecule has 4 heteroatoms. The van der Waals surface area contributed by atoms with Gasteiger partial charge in [0.05, 0.1) is 0 Å². The fourth-order valence-corrected chi connectivity index (χ4v) is 1.55. The molecule has 0 aliphatic carbocycles. The molecule has 0 aliphatic heterocycles. The van der Waals surface area contributed by atoms with Gasteiger partial charge in [0.15, 0.2) is 0 Å². The predicted octanol–water partition coefficient (Wildman–Crippen LogP) is 2.97. The number of rotatable bonds is 2. The zero-order valence-corrected chi connectivity index (χ0v) is 9.91. The van der Waals surface area contributed by atoms with Gasteiger partial charge in [-0.15, -0.1) is 0 Å². The summed E-state index contributed by atoms with van der Waals surface area (Å²) >= 11 is 0. The maximum Gasteiger partial charge on any atom is 0.255 e. The molecule has 92 valence electrons. The van der Waals surface area contributed by atoms with Crippen LogP contribution >= 0.6 is 0 Å². The van der Waals surface area contributed by atoms with E-state index in [2.05, 4.69) is 5.32 Å². The van der Waals surface area contributed by atoms with Crippen molar-refractivity contribution in [3.63, 3.8) is 0 Å². The van der Waals surface area contributed by atoms with Crippen LogP contribution in [0.5, 0.6) is 0 Å². The minimum atomic E-state index is -0.337. The largest absolute Gasteiger partial charge is 0.399 e. The Morgan fingerprint density at radius 3 is 2.44 bits per heavy atom. The van der Waals surface area contributed by atoms with Crippen LogP contribution in [-0.4, -0.2) is 5.91 Å². The zero-order valence-electron chi connectivity index (χ0n) is 9.91. The summed E-state index contributed by atoms with van der Waals surface area (Å²) in [5.74, 6) is -0.582. The fourth-order valence-electron chi connectivity index (χ4n) is 1.55. The fraction of sp³-hybridized carbons (Fsp3) is 0.0714. The van der Waals surface area contributed by atoms with Gasteiger partial charge in [-0.05, 0) is 55.0 Å². The summed E-state index contributed by atoms with van der Waals surface area (Å²) in [6.07, 6.45) is 0. The minimum absolute atomic E-state index is 0.246. The molecule has 3 nitrogen and oxygen atoms in total. The first-order valence-electron chi connectivity index (χ1n) is 5.49. The van der Waals surface area contributed by atoms with Crippen molar-refractivity contribution < 1.29 is 9.18 Å². The molecule has 0 saturated carbocycles. The quantitative estimate of drug-likeness (QED) is 0.798. The molecule has 18 heavy (non-hydrogen) atoms. The van der Waals surface area contributed by atoms with Gasteiger partial charge in [0.25, 0.3) is 5.91 Å². The van der Waals surface area contributed by atoms with Crippen molar-refractivity contribution in [3.8, 4) is 0 Å². The summed E-state index contributed by atoms with van der Waals surface area (Å²) in [7, 11) is 0. The predicted molar refractivity (Wildman–Crippen MR) is 69.9 cm³/mol. The monoisotopic (exact) mass is 244 g/mol. The first kappa shape index (κ1) is 12.1. The number of anilines is 2. The van der Waals surface area contributed by atoms with Crippen molar-refractivity contribution in [3.05, 3.63) is 59.4 Å². The lowest BCUT2D eigenvalue weighted by molar-refractivity contribution is 0.102. The van der Waals surface area contributed by atoms with Crippen LogP contribution < -0.4 is 11.1 Å². The smallest absolute Gasteiger partial charge is 0.255 e. The molecular weight excluding hydrogens is 231 g/mol. The van der Waals surface area contributed by atoms with Gasteiger partial charge in [-0.25, -0.2) is 4.39 Å². The number of benzene rings is 2. The third-order valence-corrected chi connectivity index (χ3v) is 2.63. The number of nitrogen functional groups attached to an aromatic ring is 1. The van der Waals surface area contributed by atoms with Crippen molar-refractivity contribution in [1.82, 2.24) is 0 Å². The summed E-state index contributed by atoms with van der Waals surface area (Å²) in [5, 5.41) is 2.69. The van der Waals surface area contributed by atoms with E-state index in [1.54, 1.807) is 18.2 Å². The highest BCUT2D eigenvalue weighted by atomic mass is 19.1. The number of nitrogens with one attached hydrogen (secondary N) is 1. The Morgan fingerprint density at radius 2 is 1.83 bits per heavy atom. The SMILES string of the molecule is Cc1cc(C(=O)Nc2ccc(F)cc2)ccc1N. The lowest BCUT2D eigenvalue weighted by Crippen LogP contribution is -2.12. The van der Waals surface area contributed by atoms with Crippen LogP contribution in [-0.2, 0) is 0 Å². The van der Waals surface area contributed by atoms with E-state index in [1.807, 2.05) is 6.92 Å². The van der Waals surface area contributed by atoms with Crippen molar-refractivity contribution in [2.24, 2.45) is 0 Å². The summed E-state index contributed by atoms with van der Waals surface area (Å²) in [5.41, 5.74) is 8.25. The molecule has 2 rings (SSSR count). The first-order valence-corrected chi connectivity index (χ1v) is 5.49. The summed E-state index contributed by atoms with van der Waals surface area (Å²) in [6.45, 7) is 1.84. The second-order valence-corrected chi connectivity index (χ2v) is 4.03. The number of carbonyl (C=O) groups is 1. The topological polar surface area (TPSA) is 55.1 Å². The molecule has 0 bridgehead atoms. The van der Waals surface area contributed by atoms with Gasteiger partial charge in [-0.3, -0.25) is 4.79 Å². The molecule has 3 N–H and O–H groups in total. The third kappa shape index (κ3) is 2.66. The van der Waals surface area contributed by atoms with E-state index in [0.29, 0.717) is 16.9 Å². The molecule has 0 aliphatic rings. The van der Waals surface area contributed by atoms with Gasteiger partial charge in [-0.1, -0.05) is 0 Å². The van der Waals surface area contributed by atoms with E-state index < -0.39 is 0 Å². The second-order valence-electron chi connectivity index (χ2n) is 4.03. The van der Waals surface area contributed by atoms with E-state index in [4.69, 9.17) is 5.73 Å². The molecule has 0 aromatic heterocycles. The Bertz CT molecular complexity index is 579. The van der Waals surface area contributed by atoms with Crippen LogP contribution in [0.3, 0.4) is 0 Å². The normalized spacial score (nSPS) is 10.1. The Kier molecular flexibility index (Phi) is 3.28. The van der Waals surface area contributed by atoms with E-state index in [1.165, 1.54) is 24.3 Å². The molecule has 1 amide bonds. The number of carbonyl (C=O) groups excluding carboxylic acids is 1. The Balaban J connectivity index is 2.16. The average molecular weight is 244 g/mol. The van der Waals surface area contributed by atoms with Gasteiger partial charge in [-0.2, -0.15) is 0 Å². The molecule has 2 aromatic carbocycles. The lowest BCUT2D eigenvalue weighted by atomic mass is 10.1. The van der Waals surface area contributed by atoms with Crippen molar-refractivity contribution >= 4 is 17.3 Å². The van der Waals surface area contributed by atoms with Gasteiger partial charge in [0.2, 0.25) is 0 Å². The third-order valence-electron chi connectivity index (χ3n) is 2.63. The highest BCUT2D eigenvalue weighted by molar-refractivity contribution is 6.04. The maximum absolute atomic E-state index is 12.7. The molecule has 0 saturated heterocycles. The van der Waals surface area contributed by atoms with Gasteiger partial charge in [0.1, 0.15) is 5.82 Å². The molecule has 0 spiro atoms. The highest BCUT2D eigenvalue weighted by Gasteiger charge is 2.07. The first-order chi connectivity index (χ1) is 8.56. The number of hydrogen-bond donors (Lipinski definition) is 2. The van der Waals surface area contributed by atoms with Crippen molar-refractivity contribution in [2.45, 2.75) is 6.92 Å². The summed E-state index contributed by atoms with van der Waals surface area (Å²) in [6, 6.07) is 10.7. The molecule has 2 aromatic rings. The Hall–Kier alpha value is -2.36. The van der Waals surface area contributed by atoms with E-state index in [9.17, 15) is 9.18 Å². The van der Waals surface area contributed by atoms with Crippen LogP contribution in [0.15, 0.2) is 42.5 Å². The number of halogens is 1. The maximum atomic E-state index is 12.7. The lowest BCUT2D eigenvalue weighted by Gasteiger charge is -2.07. The number of aryl methyl sites for hydroxylation is 1. The minimum Gasteiger partial charge on any atom is -0.399 e. The highest BCUT2D eigenvalue weighted by Crippen LogP contribution is 2.15. The Labute approximate surface area is 104 Å². The van der Waals surface area contributed by atoms with Gasteiger partial charge < -0.3 is 11.1 Å². The molecule has 0 fully saturated rings. The van der Waals surface area contributed by atoms with Crippen LogP contribution in [0, 0.1) is 12.7 Å². The van der Waals surface area contributed by atoms with E-state index in [-0.39, 0.29) is 11.7 Å². The van der Waals surface area contributed by atoms with Crippen LogP contribution in [0.1, 0.15) is 15.9 Å². The van der Waals surface area contributed by atoms with Crippen molar-refractivity contribution in [2.75, 3.05) is 11.1 Å². The Morgan fingerprint density at radius 1 is 1.17 bits per heavy atom. The van der Waals surface area contributed by atoms with Gasteiger partial charge in [0, 0.05) is 16.9 Å². The van der Waals surface area contributed by atoms with E-state index >= 15 is 0 Å². The zero-order chi connectivity index (χ0) is 13.1. The van der Waals surface area contributed by atoms with Gasteiger partial charge >= 0.3 is 0 Å². The average Bonchev–Trinajstić information content (AvgIpc) is 2.35. The molecule has 0 atom stereocenters. The van der Waals surface area contributed by atoms with E-state index in [0.717, 1.165) is 5.56 Å². The van der Waals surface area contributed by atoms with Crippen molar-refractivity contribution in [1.29, 1.82) is 0 Å². The van der Waals surface area contributed by atoms with Crippen LogP contribution in [0.4, 0.5) is 15.8 Å².